The van der Waals surface area contributed by atoms with E-state index in [1.165, 1.54) is 0 Å². The van der Waals surface area contributed by atoms with Crippen molar-refractivity contribution in [1.82, 2.24) is 19.6 Å². The van der Waals surface area contributed by atoms with Crippen LogP contribution >= 0.6 is 11.6 Å². The molecule has 6 nitrogen and oxygen atoms in total. The van der Waals surface area contributed by atoms with Crippen molar-refractivity contribution in [2.75, 3.05) is 5.32 Å². The van der Waals surface area contributed by atoms with Crippen molar-refractivity contribution in [3.63, 3.8) is 0 Å². The second kappa shape index (κ2) is 8.10. The van der Waals surface area contributed by atoms with Crippen molar-refractivity contribution in [2.45, 2.75) is 13.1 Å². The minimum Gasteiger partial charge on any atom is -0.319 e. The van der Waals surface area contributed by atoms with Crippen molar-refractivity contribution < 1.29 is 4.79 Å². The zero-order valence-corrected chi connectivity index (χ0v) is 15.8. The zero-order valence-electron chi connectivity index (χ0n) is 15.0. The molecule has 0 fully saturated rings. The Labute approximate surface area is 167 Å². The van der Waals surface area contributed by atoms with Crippen molar-refractivity contribution in [1.29, 1.82) is 0 Å². The molecule has 0 saturated heterocycles. The van der Waals surface area contributed by atoms with Crippen LogP contribution in [0.4, 0.5) is 5.69 Å². The van der Waals surface area contributed by atoms with Gasteiger partial charge < -0.3 is 5.32 Å². The number of halogens is 1. The first-order valence-electron chi connectivity index (χ1n) is 8.80. The number of benzene rings is 2. The Morgan fingerprint density at radius 3 is 2.54 bits per heavy atom. The largest absolute Gasteiger partial charge is 0.319 e. The second-order valence-electron chi connectivity index (χ2n) is 6.41. The van der Waals surface area contributed by atoms with Gasteiger partial charge in [-0.3, -0.25) is 14.2 Å². The summed E-state index contributed by atoms with van der Waals surface area (Å²) in [6.45, 7) is 1.20. The highest BCUT2D eigenvalue weighted by molar-refractivity contribution is 6.30. The van der Waals surface area contributed by atoms with Gasteiger partial charge in [0.25, 0.3) is 5.91 Å². The van der Waals surface area contributed by atoms with E-state index in [0.717, 1.165) is 11.1 Å². The van der Waals surface area contributed by atoms with E-state index < -0.39 is 0 Å². The number of nitrogens with zero attached hydrogens (tertiary/aromatic N) is 4. The van der Waals surface area contributed by atoms with E-state index in [2.05, 4.69) is 15.5 Å². The average molecular weight is 392 g/mol. The van der Waals surface area contributed by atoms with Crippen LogP contribution < -0.4 is 5.32 Å². The van der Waals surface area contributed by atoms with Crippen LogP contribution in [-0.4, -0.2) is 25.5 Å². The second-order valence-corrected chi connectivity index (χ2v) is 6.85. The number of hydrogen-bond donors (Lipinski definition) is 1. The predicted octanol–water partition coefficient (Wildman–Crippen LogP) is 4.08. The molecule has 0 atom stereocenters. The molecule has 0 radical (unpaired) electrons. The molecule has 0 unspecified atom stereocenters. The monoisotopic (exact) mass is 391 g/mol. The Morgan fingerprint density at radius 2 is 1.75 bits per heavy atom. The van der Waals surface area contributed by atoms with E-state index in [1.807, 2.05) is 59.4 Å². The van der Waals surface area contributed by atoms with Crippen molar-refractivity contribution in [3.8, 4) is 0 Å². The molecule has 1 N–H and O–H groups in total. The predicted molar refractivity (Wildman–Crippen MR) is 109 cm³/mol. The molecular weight excluding hydrogens is 374 g/mol. The quantitative estimate of drug-likeness (QED) is 0.538. The van der Waals surface area contributed by atoms with Gasteiger partial charge >= 0.3 is 0 Å². The highest BCUT2D eigenvalue weighted by Crippen LogP contribution is 2.14. The van der Waals surface area contributed by atoms with Gasteiger partial charge in [0.15, 0.2) is 0 Å². The molecule has 0 saturated carbocycles. The molecule has 0 aliphatic carbocycles. The lowest BCUT2D eigenvalue weighted by Crippen LogP contribution is -2.12. The van der Waals surface area contributed by atoms with E-state index in [1.54, 1.807) is 29.3 Å². The Hall–Kier alpha value is -3.38. The maximum absolute atomic E-state index is 12.6. The summed E-state index contributed by atoms with van der Waals surface area (Å²) in [6, 6.07) is 17.0. The van der Waals surface area contributed by atoms with E-state index >= 15 is 0 Å². The minimum atomic E-state index is -0.176. The third-order valence-electron chi connectivity index (χ3n) is 4.22. The van der Waals surface area contributed by atoms with E-state index in [4.69, 9.17) is 11.6 Å². The maximum Gasteiger partial charge on any atom is 0.255 e. The molecule has 0 spiro atoms. The topological polar surface area (TPSA) is 64.7 Å². The van der Waals surface area contributed by atoms with E-state index in [0.29, 0.717) is 29.4 Å². The Bertz CT molecular complexity index is 1090. The standard InChI is InChI=1S/C21H18ClN5O/c22-19-7-2-5-17(11-19)14-27-15-20(12-24-27)25-21(28)18-6-1-4-16(10-18)13-26-9-3-8-23-26/h1-12,15H,13-14H2,(H,25,28). The number of carbonyl (C=O) groups excluding carboxylic acids is 1. The van der Waals surface area contributed by atoms with Gasteiger partial charge in [-0.05, 0) is 41.5 Å². The summed E-state index contributed by atoms with van der Waals surface area (Å²) in [5.41, 5.74) is 3.28. The molecule has 4 aromatic rings. The normalized spacial score (nSPS) is 10.8. The van der Waals surface area contributed by atoms with Gasteiger partial charge in [0, 0.05) is 29.2 Å². The Morgan fingerprint density at radius 1 is 0.964 bits per heavy atom. The Balaban J connectivity index is 1.42. The summed E-state index contributed by atoms with van der Waals surface area (Å²) in [7, 11) is 0. The van der Waals surface area contributed by atoms with Gasteiger partial charge in [-0.1, -0.05) is 35.9 Å². The number of aromatic nitrogens is 4. The van der Waals surface area contributed by atoms with Crippen molar-refractivity contribution in [2.24, 2.45) is 0 Å². The summed E-state index contributed by atoms with van der Waals surface area (Å²) in [6.07, 6.45) is 7.06. The van der Waals surface area contributed by atoms with Crippen molar-refractivity contribution >= 4 is 23.2 Å². The van der Waals surface area contributed by atoms with Crippen LogP contribution in [0, 0.1) is 0 Å². The molecule has 140 valence electrons. The van der Waals surface area contributed by atoms with Gasteiger partial charge in [0.05, 0.1) is 25.0 Å². The molecule has 2 aromatic carbocycles. The van der Waals surface area contributed by atoms with Gasteiger partial charge in [-0.25, -0.2) is 0 Å². The summed E-state index contributed by atoms with van der Waals surface area (Å²) in [5, 5.41) is 12.1. The van der Waals surface area contributed by atoms with Crippen LogP contribution in [-0.2, 0) is 13.1 Å². The third-order valence-corrected chi connectivity index (χ3v) is 4.45. The highest BCUT2D eigenvalue weighted by Gasteiger charge is 2.09. The van der Waals surface area contributed by atoms with Crippen LogP contribution in [0.1, 0.15) is 21.5 Å². The molecule has 1 amide bonds. The highest BCUT2D eigenvalue weighted by atomic mass is 35.5. The molecule has 7 heteroatoms. The summed E-state index contributed by atoms with van der Waals surface area (Å²) in [4.78, 5) is 12.6. The van der Waals surface area contributed by atoms with Crippen LogP contribution in [0.2, 0.25) is 5.02 Å². The van der Waals surface area contributed by atoms with Gasteiger partial charge in [0.2, 0.25) is 0 Å². The van der Waals surface area contributed by atoms with Crippen LogP contribution in [0.5, 0.6) is 0 Å². The lowest BCUT2D eigenvalue weighted by atomic mass is 10.1. The molecule has 2 aromatic heterocycles. The first-order valence-corrected chi connectivity index (χ1v) is 9.18. The molecule has 0 aliphatic heterocycles. The van der Waals surface area contributed by atoms with Crippen LogP contribution in [0.3, 0.4) is 0 Å². The first-order chi connectivity index (χ1) is 13.7. The number of rotatable bonds is 6. The number of nitrogens with one attached hydrogen (secondary N) is 1. The van der Waals surface area contributed by atoms with E-state index in [9.17, 15) is 4.79 Å². The molecule has 4 rings (SSSR count). The summed E-state index contributed by atoms with van der Waals surface area (Å²) < 4.78 is 3.58. The minimum absolute atomic E-state index is 0.176. The lowest BCUT2D eigenvalue weighted by Gasteiger charge is -2.06. The fourth-order valence-corrected chi connectivity index (χ4v) is 3.15. The number of hydrogen-bond acceptors (Lipinski definition) is 3. The summed E-state index contributed by atoms with van der Waals surface area (Å²) in [5.74, 6) is -0.176. The number of amides is 1. The molecule has 0 aliphatic rings. The molecule has 0 bridgehead atoms. The number of anilines is 1. The fourth-order valence-electron chi connectivity index (χ4n) is 2.93. The smallest absolute Gasteiger partial charge is 0.255 e. The van der Waals surface area contributed by atoms with Crippen LogP contribution in [0.25, 0.3) is 0 Å². The number of carbonyl (C=O) groups is 1. The third kappa shape index (κ3) is 4.47. The SMILES string of the molecule is O=C(Nc1cnn(Cc2cccc(Cl)c2)c1)c1cccc(Cn2cccn2)c1. The lowest BCUT2D eigenvalue weighted by molar-refractivity contribution is 0.102. The maximum atomic E-state index is 12.6. The van der Waals surface area contributed by atoms with Crippen LogP contribution in [0.15, 0.2) is 79.4 Å². The van der Waals surface area contributed by atoms with E-state index in [-0.39, 0.29) is 5.91 Å². The fraction of sp³-hybridized carbons (Fsp3) is 0.0952. The molecular formula is C21H18ClN5O. The zero-order chi connectivity index (χ0) is 19.3. The average Bonchev–Trinajstić information content (AvgIpc) is 3.34. The molecule has 2 heterocycles. The van der Waals surface area contributed by atoms with Gasteiger partial charge in [-0.2, -0.15) is 10.2 Å². The summed E-state index contributed by atoms with van der Waals surface area (Å²) >= 11 is 6.02. The Kier molecular flexibility index (Phi) is 5.21. The van der Waals surface area contributed by atoms with Gasteiger partial charge in [0.1, 0.15) is 0 Å². The van der Waals surface area contributed by atoms with Crippen molar-refractivity contribution in [3.05, 3.63) is 101 Å². The molecule has 28 heavy (non-hydrogen) atoms. The first kappa shape index (κ1) is 18.0. The van der Waals surface area contributed by atoms with Gasteiger partial charge in [-0.15, -0.1) is 0 Å².